The van der Waals surface area contributed by atoms with E-state index in [1.54, 1.807) is 10.6 Å². The zero-order valence-electron chi connectivity index (χ0n) is 17.1. The first-order valence-electron chi connectivity index (χ1n) is 10.0. The fourth-order valence-corrected chi connectivity index (χ4v) is 4.72. The first kappa shape index (κ1) is 21.9. The largest absolute Gasteiger partial charge is 0.338 e. The van der Waals surface area contributed by atoms with Gasteiger partial charge in [0.25, 0.3) is 5.56 Å². The third-order valence-corrected chi connectivity index (χ3v) is 6.66. The number of hydrogen-bond acceptors (Lipinski definition) is 6. The summed E-state index contributed by atoms with van der Waals surface area (Å²) in [5.74, 6) is 1.35. The molecule has 0 bridgehead atoms. The number of nitrogens with zero attached hydrogens (tertiary/aromatic N) is 4. The van der Waals surface area contributed by atoms with Crippen molar-refractivity contribution in [2.45, 2.75) is 17.5 Å². The predicted octanol–water partition coefficient (Wildman–Crippen LogP) is 6.20. The molecule has 0 aliphatic rings. The number of fused-ring (bicyclic) bond motifs is 1. The van der Waals surface area contributed by atoms with Crippen LogP contribution in [0.15, 0.2) is 91.7 Å². The van der Waals surface area contributed by atoms with Crippen LogP contribution in [0, 0.1) is 0 Å². The topological polar surface area (TPSA) is 73.8 Å². The molecule has 0 fully saturated rings. The van der Waals surface area contributed by atoms with Crippen molar-refractivity contribution in [1.29, 1.82) is 0 Å². The normalized spacial score (nSPS) is 11.2. The molecule has 0 radical (unpaired) electrons. The molecule has 5 aromatic rings. The minimum Gasteiger partial charge on any atom is -0.338 e. The first-order chi connectivity index (χ1) is 16.1. The van der Waals surface area contributed by atoms with Crippen molar-refractivity contribution in [3.63, 3.8) is 0 Å². The Hall–Kier alpha value is -2.94. The van der Waals surface area contributed by atoms with Crippen molar-refractivity contribution in [3.05, 3.63) is 104 Å². The molecule has 0 N–H and O–H groups in total. The molecular formula is C24H16BrClN4O2S. The van der Waals surface area contributed by atoms with Crippen molar-refractivity contribution in [1.82, 2.24) is 19.7 Å². The zero-order valence-corrected chi connectivity index (χ0v) is 20.3. The highest BCUT2D eigenvalue weighted by Crippen LogP contribution is 2.25. The van der Waals surface area contributed by atoms with E-state index >= 15 is 0 Å². The maximum Gasteiger partial charge on any atom is 0.262 e. The Morgan fingerprint density at radius 2 is 1.82 bits per heavy atom. The van der Waals surface area contributed by atoms with E-state index in [4.69, 9.17) is 21.1 Å². The molecule has 0 amide bonds. The van der Waals surface area contributed by atoms with Crippen LogP contribution < -0.4 is 5.56 Å². The van der Waals surface area contributed by atoms with Gasteiger partial charge >= 0.3 is 0 Å². The van der Waals surface area contributed by atoms with Gasteiger partial charge in [0, 0.05) is 15.1 Å². The Bertz CT molecular complexity index is 1500. The summed E-state index contributed by atoms with van der Waals surface area (Å²) in [6, 6.07) is 22.5. The van der Waals surface area contributed by atoms with Gasteiger partial charge in [-0.25, -0.2) is 4.98 Å². The van der Waals surface area contributed by atoms with Gasteiger partial charge in [0.05, 0.1) is 23.2 Å². The predicted molar refractivity (Wildman–Crippen MR) is 134 cm³/mol. The summed E-state index contributed by atoms with van der Waals surface area (Å²) in [6.45, 7) is 0.378. The van der Waals surface area contributed by atoms with E-state index in [2.05, 4.69) is 26.1 Å². The lowest BCUT2D eigenvalue weighted by Gasteiger charge is -2.13. The minimum absolute atomic E-state index is 0.0987. The fraction of sp³-hybridized carbons (Fsp3) is 0.0833. The average Bonchev–Trinajstić information content (AvgIpc) is 3.30. The Morgan fingerprint density at radius 3 is 2.64 bits per heavy atom. The Balaban J connectivity index is 1.46. The van der Waals surface area contributed by atoms with Crippen molar-refractivity contribution >= 4 is 50.2 Å². The van der Waals surface area contributed by atoms with Crippen LogP contribution in [-0.2, 0) is 12.3 Å². The van der Waals surface area contributed by atoms with Crippen molar-refractivity contribution in [2.75, 3.05) is 0 Å². The molecule has 2 aromatic heterocycles. The van der Waals surface area contributed by atoms with Gasteiger partial charge in [-0.1, -0.05) is 80.8 Å². The first-order valence-corrected chi connectivity index (χ1v) is 12.2. The Kier molecular flexibility index (Phi) is 6.30. The summed E-state index contributed by atoms with van der Waals surface area (Å²) in [6.07, 6.45) is 0. The molecule has 33 heavy (non-hydrogen) atoms. The molecule has 164 valence electrons. The molecule has 0 aliphatic heterocycles. The summed E-state index contributed by atoms with van der Waals surface area (Å²) < 4.78 is 8.05. The lowest BCUT2D eigenvalue weighted by Crippen LogP contribution is -2.24. The van der Waals surface area contributed by atoms with Gasteiger partial charge in [0.2, 0.25) is 11.7 Å². The number of aromatic nitrogens is 4. The van der Waals surface area contributed by atoms with E-state index < -0.39 is 0 Å². The second-order valence-electron chi connectivity index (χ2n) is 7.24. The Labute approximate surface area is 206 Å². The summed E-state index contributed by atoms with van der Waals surface area (Å²) >= 11 is 10.9. The number of benzene rings is 3. The summed E-state index contributed by atoms with van der Waals surface area (Å²) in [5.41, 5.74) is 2.36. The van der Waals surface area contributed by atoms with Gasteiger partial charge in [0.15, 0.2) is 5.16 Å². The van der Waals surface area contributed by atoms with Crippen LogP contribution in [0.2, 0.25) is 5.02 Å². The third kappa shape index (κ3) is 4.88. The molecule has 0 saturated heterocycles. The molecule has 0 spiro atoms. The summed E-state index contributed by atoms with van der Waals surface area (Å²) in [4.78, 5) is 22.5. The molecule has 6 nitrogen and oxygen atoms in total. The second-order valence-corrected chi connectivity index (χ2v) is 9.53. The van der Waals surface area contributed by atoms with E-state index in [1.165, 1.54) is 11.8 Å². The van der Waals surface area contributed by atoms with Crippen LogP contribution in [0.5, 0.6) is 0 Å². The van der Waals surface area contributed by atoms with E-state index in [-0.39, 0.29) is 5.56 Å². The Morgan fingerprint density at radius 1 is 1.00 bits per heavy atom. The number of para-hydroxylation sites is 1. The van der Waals surface area contributed by atoms with Gasteiger partial charge in [-0.15, -0.1) is 0 Å². The molecule has 5 rings (SSSR count). The second kappa shape index (κ2) is 9.51. The van der Waals surface area contributed by atoms with E-state index in [0.29, 0.717) is 45.1 Å². The van der Waals surface area contributed by atoms with E-state index in [9.17, 15) is 4.79 Å². The summed E-state index contributed by atoms with van der Waals surface area (Å²) in [7, 11) is 0. The van der Waals surface area contributed by atoms with Crippen LogP contribution in [0.4, 0.5) is 0 Å². The molecule has 0 aliphatic carbocycles. The molecule has 0 saturated carbocycles. The molecule has 0 unspecified atom stereocenters. The maximum absolute atomic E-state index is 13.3. The average molecular weight is 540 g/mol. The standard InChI is InChI=1S/C24H16BrClN4O2S/c25-17-5-3-4-16(12-17)22-28-21(32-29-22)14-33-24-27-20-7-2-1-6-19(20)23(31)30(24)13-15-8-10-18(26)11-9-15/h1-12H,13-14H2. The van der Waals surface area contributed by atoms with E-state index in [1.807, 2.05) is 66.7 Å². The number of rotatable bonds is 6. The van der Waals surface area contributed by atoms with Crippen LogP contribution >= 0.6 is 39.3 Å². The monoisotopic (exact) mass is 538 g/mol. The summed E-state index contributed by atoms with van der Waals surface area (Å²) in [5, 5.41) is 5.89. The van der Waals surface area contributed by atoms with Crippen LogP contribution in [-0.4, -0.2) is 19.7 Å². The van der Waals surface area contributed by atoms with Crippen molar-refractivity contribution in [3.8, 4) is 11.4 Å². The number of thioether (sulfide) groups is 1. The molecular weight excluding hydrogens is 524 g/mol. The molecule has 2 heterocycles. The number of hydrogen-bond donors (Lipinski definition) is 0. The highest BCUT2D eigenvalue weighted by atomic mass is 79.9. The highest BCUT2D eigenvalue weighted by Gasteiger charge is 2.15. The minimum atomic E-state index is -0.0987. The van der Waals surface area contributed by atoms with Gasteiger partial charge in [0.1, 0.15) is 0 Å². The van der Waals surface area contributed by atoms with Gasteiger partial charge in [-0.05, 0) is 42.0 Å². The van der Waals surface area contributed by atoms with Crippen LogP contribution in [0.3, 0.4) is 0 Å². The fourth-order valence-electron chi connectivity index (χ4n) is 3.35. The van der Waals surface area contributed by atoms with E-state index in [0.717, 1.165) is 15.6 Å². The SMILES string of the molecule is O=c1c2ccccc2nc(SCc2nc(-c3cccc(Br)c3)no2)n1Cc1ccc(Cl)cc1. The lowest BCUT2D eigenvalue weighted by atomic mass is 10.2. The van der Waals surface area contributed by atoms with Gasteiger partial charge in [-0.3, -0.25) is 9.36 Å². The lowest BCUT2D eigenvalue weighted by molar-refractivity contribution is 0.391. The molecule has 9 heteroatoms. The third-order valence-electron chi connectivity index (χ3n) is 4.96. The van der Waals surface area contributed by atoms with Crippen LogP contribution in [0.1, 0.15) is 11.5 Å². The quantitative estimate of drug-likeness (QED) is 0.189. The van der Waals surface area contributed by atoms with Crippen molar-refractivity contribution in [2.24, 2.45) is 0 Å². The van der Waals surface area contributed by atoms with Gasteiger partial charge < -0.3 is 4.52 Å². The van der Waals surface area contributed by atoms with Crippen LogP contribution in [0.25, 0.3) is 22.3 Å². The maximum atomic E-state index is 13.3. The van der Waals surface area contributed by atoms with Crippen molar-refractivity contribution < 1.29 is 4.52 Å². The zero-order chi connectivity index (χ0) is 22.8. The molecule has 0 atom stereocenters. The smallest absolute Gasteiger partial charge is 0.262 e. The molecule has 3 aromatic carbocycles. The van der Waals surface area contributed by atoms with Gasteiger partial charge in [-0.2, -0.15) is 4.98 Å². The highest BCUT2D eigenvalue weighted by molar-refractivity contribution is 9.10. The number of halogens is 2.